The Morgan fingerprint density at radius 1 is 0.931 bits per heavy atom. The molecule has 3 rings (SSSR count). The van der Waals surface area contributed by atoms with Gasteiger partial charge in [-0.2, -0.15) is 0 Å². The first-order valence-corrected chi connectivity index (χ1v) is 11.3. The Kier molecular flexibility index (Phi) is 7.88. The van der Waals surface area contributed by atoms with Gasteiger partial charge in [-0.3, -0.25) is 4.79 Å². The molecule has 2 N–H and O–H groups in total. The third kappa shape index (κ3) is 5.28. The van der Waals surface area contributed by atoms with Crippen LogP contribution in [-0.4, -0.2) is 40.5 Å². The van der Waals surface area contributed by atoms with Crippen LogP contribution in [-0.2, 0) is 9.53 Å². The van der Waals surface area contributed by atoms with Gasteiger partial charge in [-0.1, -0.05) is 73.3 Å². The van der Waals surface area contributed by atoms with Gasteiger partial charge >= 0.3 is 5.97 Å². The quantitative estimate of drug-likeness (QED) is 0.475. The third-order valence-corrected chi connectivity index (χ3v) is 6.95. The number of nitrogen functional groups attached to an aromatic ring is 1. The minimum absolute atomic E-state index is 0.0231. The number of nitrogens with zero attached hydrogens (tertiary/aromatic N) is 2. The second-order valence-corrected chi connectivity index (χ2v) is 8.87. The van der Waals surface area contributed by atoms with Crippen LogP contribution in [0.1, 0.15) is 74.7 Å². The zero-order valence-electron chi connectivity index (χ0n) is 16.3. The van der Waals surface area contributed by atoms with Crippen molar-refractivity contribution in [2.24, 2.45) is 0 Å². The van der Waals surface area contributed by atoms with Crippen molar-refractivity contribution >= 4 is 52.4 Å². The van der Waals surface area contributed by atoms with Gasteiger partial charge in [0.1, 0.15) is 5.02 Å². The predicted molar refractivity (Wildman–Crippen MR) is 115 cm³/mol. The first kappa shape index (κ1) is 22.4. The Morgan fingerprint density at radius 3 is 1.97 bits per heavy atom. The van der Waals surface area contributed by atoms with Crippen LogP contribution in [0.5, 0.6) is 0 Å². The van der Waals surface area contributed by atoms with E-state index in [1.807, 2.05) is 4.90 Å². The molecule has 6 nitrogen and oxygen atoms in total. The number of anilines is 1. The summed E-state index contributed by atoms with van der Waals surface area (Å²) >= 11 is 17.8. The molecule has 1 heterocycles. The summed E-state index contributed by atoms with van der Waals surface area (Å²) in [6.07, 6.45) is 11.0. The van der Waals surface area contributed by atoms with E-state index in [-0.39, 0.29) is 51.2 Å². The number of aromatic nitrogens is 1. The molecule has 0 bridgehead atoms. The Hall–Kier alpha value is -1.24. The summed E-state index contributed by atoms with van der Waals surface area (Å²) in [4.78, 5) is 31.4. The number of rotatable bonds is 5. The van der Waals surface area contributed by atoms with Crippen molar-refractivity contribution in [2.75, 3.05) is 12.3 Å². The lowest BCUT2D eigenvalue weighted by atomic mass is 9.88. The zero-order chi connectivity index (χ0) is 21.0. The number of carbonyl (C=O) groups is 2. The van der Waals surface area contributed by atoms with Crippen LogP contribution in [0.2, 0.25) is 15.2 Å². The molecule has 2 aliphatic carbocycles. The van der Waals surface area contributed by atoms with E-state index in [0.717, 1.165) is 51.4 Å². The number of hydrogen-bond acceptors (Lipinski definition) is 5. The number of hydrogen-bond donors (Lipinski definition) is 1. The van der Waals surface area contributed by atoms with Crippen molar-refractivity contribution < 1.29 is 14.3 Å². The normalized spacial score (nSPS) is 18.4. The van der Waals surface area contributed by atoms with E-state index < -0.39 is 5.97 Å². The Bertz CT molecular complexity index is 745. The number of carbonyl (C=O) groups excluding carboxylic acids is 2. The minimum Gasteiger partial charge on any atom is -0.451 e. The van der Waals surface area contributed by atoms with E-state index >= 15 is 0 Å². The number of amides is 1. The molecular weight excluding hydrogens is 437 g/mol. The Labute approximate surface area is 186 Å². The van der Waals surface area contributed by atoms with Gasteiger partial charge in [0.15, 0.2) is 17.5 Å². The first-order chi connectivity index (χ1) is 13.9. The van der Waals surface area contributed by atoms with Gasteiger partial charge in [0.2, 0.25) is 0 Å². The topological polar surface area (TPSA) is 85.5 Å². The van der Waals surface area contributed by atoms with Gasteiger partial charge < -0.3 is 15.4 Å². The van der Waals surface area contributed by atoms with Crippen molar-refractivity contribution in [2.45, 2.75) is 76.3 Å². The maximum absolute atomic E-state index is 13.1. The third-order valence-electron chi connectivity index (χ3n) is 5.82. The monoisotopic (exact) mass is 461 g/mol. The minimum atomic E-state index is -0.846. The highest BCUT2D eigenvalue weighted by molar-refractivity contribution is 6.46. The van der Waals surface area contributed by atoms with Crippen molar-refractivity contribution in [3.63, 3.8) is 0 Å². The van der Waals surface area contributed by atoms with Gasteiger partial charge in [-0.15, -0.1) is 0 Å². The molecule has 0 spiro atoms. The van der Waals surface area contributed by atoms with Crippen molar-refractivity contribution in [3.05, 3.63) is 20.9 Å². The molecule has 1 amide bonds. The lowest BCUT2D eigenvalue weighted by molar-refractivity contribution is -0.141. The van der Waals surface area contributed by atoms with Crippen LogP contribution in [0.3, 0.4) is 0 Å². The van der Waals surface area contributed by atoms with Gasteiger partial charge in [-0.25, -0.2) is 9.78 Å². The van der Waals surface area contributed by atoms with Crippen LogP contribution in [0.15, 0.2) is 0 Å². The fraction of sp³-hybridized carbons (Fsp3) is 0.650. The summed E-state index contributed by atoms with van der Waals surface area (Å²) in [5.41, 5.74) is 5.46. The molecule has 0 aliphatic heterocycles. The number of halogens is 3. The van der Waals surface area contributed by atoms with E-state index in [1.54, 1.807) is 0 Å². The highest BCUT2D eigenvalue weighted by Gasteiger charge is 2.33. The SMILES string of the molecule is Nc1c(Cl)c(Cl)nc(C(=O)OCC(=O)N(C2CCCCC2)C2CCCCC2)c1Cl. The van der Waals surface area contributed by atoms with Crippen LogP contribution in [0, 0.1) is 0 Å². The molecule has 1 aromatic rings. The molecule has 0 saturated heterocycles. The summed E-state index contributed by atoms with van der Waals surface area (Å²) in [5.74, 6) is -1.01. The fourth-order valence-electron chi connectivity index (χ4n) is 4.36. The molecule has 29 heavy (non-hydrogen) atoms. The van der Waals surface area contributed by atoms with E-state index in [4.69, 9.17) is 45.3 Å². The summed E-state index contributed by atoms with van der Waals surface area (Å²) in [6, 6.07) is 0.445. The van der Waals surface area contributed by atoms with Crippen molar-refractivity contribution in [1.82, 2.24) is 9.88 Å². The molecule has 0 aromatic carbocycles. The van der Waals surface area contributed by atoms with Crippen LogP contribution in [0.4, 0.5) is 5.69 Å². The summed E-state index contributed by atoms with van der Waals surface area (Å²) < 4.78 is 5.25. The predicted octanol–water partition coefficient (Wildman–Crippen LogP) is 5.27. The number of nitrogens with two attached hydrogens (primary N) is 1. The van der Waals surface area contributed by atoms with Gasteiger partial charge in [0.05, 0.1) is 10.7 Å². The van der Waals surface area contributed by atoms with Gasteiger partial charge in [0.25, 0.3) is 5.91 Å². The number of ether oxygens (including phenoxy) is 1. The molecule has 2 saturated carbocycles. The lowest BCUT2D eigenvalue weighted by Gasteiger charge is -2.41. The number of pyridine rings is 1. The molecule has 1 aromatic heterocycles. The largest absolute Gasteiger partial charge is 0.451 e. The first-order valence-electron chi connectivity index (χ1n) is 10.2. The Balaban J connectivity index is 1.70. The highest BCUT2D eigenvalue weighted by atomic mass is 35.5. The van der Waals surface area contributed by atoms with Crippen LogP contribution >= 0.6 is 34.8 Å². The molecule has 2 fully saturated rings. The second kappa shape index (κ2) is 10.2. The lowest BCUT2D eigenvalue weighted by Crippen LogP contribution is -2.50. The smallest absolute Gasteiger partial charge is 0.359 e. The standard InChI is InChI=1S/C20H26Cl3N3O3/c21-15-17(24)16(22)19(23)25-18(15)20(28)29-11-14(27)26(12-7-3-1-4-8-12)13-9-5-2-6-10-13/h12-13H,1-11H2,(H2,24,25). The molecule has 9 heteroatoms. The number of esters is 1. The van der Waals surface area contributed by atoms with Crippen LogP contribution < -0.4 is 5.73 Å². The van der Waals surface area contributed by atoms with E-state index in [9.17, 15) is 9.59 Å². The molecule has 0 radical (unpaired) electrons. The highest BCUT2D eigenvalue weighted by Crippen LogP contribution is 2.35. The average molecular weight is 463 g/mol. The maximum Gasteiger partial charge on any atom is 0.359 e. The van der Waals surface area contributed by atoms with Crippen molar-refractivity contribution in [1.29, 1.82) is 0 Å². The van der Waals surface area contributed by atoms with E-state index in [1.165, 1.54) is 12.8 Å². The second-order valence-electron chi connectivity index (χ2n) is 7.75. The summed E-state index contributed by atoms with van der Waals surface area (Å²) in [6.45, 7) is -0.357. The Morgan fingerprint density at radius 2 is 1.45 bits per heavy atom. The van der Waals surface area contributed by atoms with E-state index in [0.29, 0.717) is 0 Å². The van der Waals surface area contributed by atoms with E-state index in [2.05, 4.69) is 4.98 Å². The van der Waals surface area contributed by atoms with Gasteiger partial charge in [-0.05, 0) is 25.7 Å². The average Bonchev–Trinajstić information content (AvgIpc) is 2.75. The molecule has 0 unspecified atom stereocenters. The van der Waals surface area contributed by atoms with Crippen molar-refractivity contribution in [3.8, 4) is 0 Å². The summed E-state index contributed by atoms with van der Waals surface area (Å²) in [5, 5.41) is -0.295. The molecule has 0 atom stereocenters. The summed E-state index contributed by atoms with van der Waals surface area (Å²) in [7, 11) is 0. The van der Waals surface area contributed by atoms with Crippen LogP contribution in [0.25, 0.3) is 0 Å². The molecule has 160 valence electrons. The molecular formula is C20H26Cl3N3O3. The van der Waals surface area contributed by atoms with Gasteiger partial charge in [0, 0.05) is 12.1 Å². The fourth-order valence-corrected chi connectivity index (χ4v) is 4.95. The zero-order valence-corrected chi connectivity index (χ0v) is 18.5. The maximum atomic E-state index is 13.1. The molecule has 2 aliphatic rings.